The van der Waals surface area contributed by atoms with Crippen molar-refractivity contribution in [1.82, 2.24) is 4.90 Å². The van der Waals surface area contributed by atoms with Gasteiger partial charge in [-0.25, -0.2) is 0 Å². The van der Waals surface area contributed by atoms with Crippen molar-refractivity contribution in [3.8, 4) is 0 Å². The Balaban J connectivity index is 1.82. The van der Waals surface area contributed by atoms with E-state index in [1.165, 1.54) is 12.8 Å². The molecule has 2 aliphatic rings. The SMILES string of the molecule is NC1CC(CCN2CCCC2)(C(=O)O)C1. The fourth-order valence-corrected chi connectivity index (χ4v) is 2.81. The lowest BCUT2D eigenvalue weighted by Gasteiger charge is -2.43. The lowest BCUT2D eigenvalue weighted by Crippen LogP contribution is -2.52. The highest BCUT2D eigenvalue weighted by Crippen LogP contribution is 2.43. The first kappa shape index (κ1) is 10.9. The third-order valence-electron chi connectivity index (χ3n) is 3.86. The van der Waals surface area contributed by atoms with Crippen molar-refractivity contribution in [3.05, 3.63) is 0 Å². The second-order valence-corrected chi connectivity index (χ2v) is 5.05. The molecule has 0 atom stereocenters. The minimum Gasteiger partial charge on any atom is -0.481 e. The minimum atomic E-state index is -0.650. The number of aliphatic carboxylic acids is 1. The van der Waals surface area contributed by atoms with E-state index in [1.54, 1.807) is 0 Å². The van der Waals surface area contributed by atoms with Crippen LogP contribution in [0.25, 0.3) is 0 Å². The first-order valence-electron chi connectivity index (χ1n) is 5.84. The van der Waals surface area contributed by atoms with Gasteiger partial charge in [-0.2, -0.15) is 0 Å². The van der Waals surface area contributed by atoms with Crippen molar-refractivity contribution < 1.29 is 9.90 Å². The van der Waals surface area contributed by atoms with Crippen molar-refractivity contribution in [2.75, 3.05) is 19.6 Å². The summed E-state index contributed by atoms with van der Waals surface area (Å²) in [6.45, 7) is 3.21. The van der Waals surface area contributed by atoms with E-state index in [0.29, 0.717) is 12.8 Å². The topological polar surface area (TPSA) is 66.6 Å². The zero-order valence-electron chi connectivity index (χ0n) is 9.11. The normalized spacial score (nSPS) is 36.5. The number of likely N-dealkylation sites (tertiary alicyclic amines) is 1. The number of hydrogen-bond donors (Lipinski definition) is 2. The second kappa shape index (κ2) is 4.10. The summed E-state index contributed by atoms with van der Waals surface area (Å²) in [5.41, 5.74) is 5.20. The second-order valence-electron chi connectivity index (χ2n) is 5.05. The largest absolute Gasteiger partial charge is 0.481 e. The van der Waals surface area contributed by atoms with Crippen LogP contribution < -0.4 is 5.73 Å². The van der Waals surface area contributed by atoms with E-state index in [1.807, 2.05) is 0 Å². The van der Waals surface area contributed by atoms with Crippen LogP contribution in [-0.2, 0) is 4.79 Å². The molecule has 3 N–H and O–H groups in total. The van der Waals surface area contributed by atoms with Crippen LogP contribution in [0.5, 0.6) is 0 Å². The first-order valence-corrected chi connectivity index (χ1v) is 5.84. The summed E-state index contributed by atoms with van der Waals surface area (Å²) < 4.78 is 0. The molecule has 1 aliphatic carbocycles. The molecule has 0 aromatic carbocycles. The van der Waals surface area contributed by atoms with Gasteiger partial charge in [0.2, 0.25) is 0 Å². The lowest BCUT2D eigenvalue weighted by atomic mass is 9.64. The zero-order valence-corrected chi connectivity index (χ0v) is 9.11. The fraction of sp³-hybridized carbons (Fsp3) is 0.909. The number of carboxylic acid groups (broad SMARTS) is 1. The van der Waals surface area contributed by atoms with Crippen LogP contribution in [0.2, 0.25) is 0 Å². The maximum absolute atomic E-state index is 11.2. The maximum atomic E-state index is 11.2. The smallest absolute Gasteiger partial charge is 0.309 e. The molecule has 2 rings (SSSR count). The Morgan fingerprint density at radius 3 is 2.47 bits per heavy atom. The Morgan fingerprint density at radius 1 is 1.40 bits per heavy atom. The molecule has 1 saturated heterocycles. The molecule has 0 unspecified atom stereocenters. The quantitative estimate of drug-likeness (QED) is 0.718. The molecular weight excluding hydrogens is 192 g/mol. The molecule has 1 saturated carbocycles. The van der Waals surface area contributed by atoms with Gasteiger partial charge < -0.3 is 15.7 Å². The van der Waals surface area contributed by atoms with Crippen molar-refractivity contribution in [2.24, 2.45) is 11.1 Å². The summed E-state index contributed by atoms with van der Waals surface area (Å²) in [7, 11) is 0. The molecule has 86 valence electrons. The molecular formula is C11H20N2O2. The lowest BCUT2D eigenvalue weighted by molar-refractivity contribution is -0.156. The zero-order chi connectivity index (χ0) is 10.9. The highest BCUT2D eigenvalue weighted by molar-refractivity contribution is 5.76. The number of rotatable bonds is 4. The Hall–Kier alpha value is -0.610. The van der Waals surface area contributed by atoms with Crippen molar-refractivity contribution >= 4 is 5.97 Å². The predicted octanol–water partition coefficient (Wildman–Crippen LogP) is 0.664. The summed E-state index contributed by atoms with van der Waals surface area (Å²) in [6, 6.07) is 0.111. The maximum Gasteiger partial charge on any atom is 0.309 e. The summed E-state index contributed by atoms with van der Waals surface area (Å²) in [4.78, 5) is 13.5. The molecule has 0 aromatic rings. The van der Waals surface area contributed by atoms with Gasteiger partial charge in [0.05, 0.1) is 5.41 Å². The monoisotopic (exact) mass is 212 g/mol. The summed E-state index contributed by atoms with van der Waals surface area (Å²) in [5, 5.41) is 9.20. The van der Waals surface area contributed by atoms with Crippen molar-refractivity contribution in [2.45, 2.75) is 38.1 Å². The molecule has 0 spiro atoms. The molecule has 1 aliphatic heterocycles. The minimum absolute atomic E-state index is 0.111. The highest BCUT2D eigenvalue weighted by Gasteiger charge is 2.48. The van der Waals surface area contributed by atoms with Gasteiger partial charge in [0.25, 0.3) is 0 Å². The van der Waals surface area contributed by atoms with E-state index in [9.17, 15) is 9.90 Å². The van der Waals surface area contributed by atoms with Crippen LogP contribution in [0, 0.1) is 5.41 Å². The van der Waals surface area contributed by atoms with Gasteiger partial charge in [0.15, 0.2) is 0 Å². The van der Waals surface area contributed by atoms with Crippen LogP contribution >= 0.6 is 0 Å². The van der Waals surface area contributed by atoms with E-state index in [-0.39, 0.29) is 6.04 Å². The molecule has 4 nitrogen and oxygen atoms in total. The van der Waals surface area contributed by atoms with E-state index >= 15 is 0 Å². The number of carbonyl (C=O) groups is 1. The average molecular weight is 212 g/mol. The van der Waals surface area contributed by atoms with Gasteiger partial charge >= 0.3 is 5.97 Å². The first-order chi connectivity index (χ1) is 7.12. The molecule has 2 fully saturated rings. The van der Waals surface area contributed by atoms with Crippen LogP contribution in [-0.4, -0.2) is 41.7 Å². The number of nitrogens with zero attached hydrogens (tertiary/aromatic N) is 1. The highest BCUT2D eigenvalue weighted by atomic mass is 16.4. The molecule has 0 amide bonds. The van der Waals surface area contributed by atoms with Crippen molar-refractivity contribution in [3.63, 3.8) is 0 Å². The molecule has 4 heteroatoms. The van der Waals surface area contributed by atoms with Crippen LogP contribution in [0.3, 0.4) is 0 Å². The van der Waals surface area contributed by atoms with Crippen molar-refractivity contribution in [1.29, 1.82) is 0 Å². The van der Waals surface area contributed by atoms with E-state index in [4.69, 9.17) is 5.73 Å². The number of nitrogens with two attached hydrogens (primary N) is 1. The van der Waals surface area contributed by atoms with Crippen LogP contribution in [0.15, 0.2) is 0 Å². The Labute approximate surface area is 90.4 Å². The van der Waals surface area contributed by atoms with Gasteiger partial charge in [0, 0.05) is 6.04 Å². The summed E-state index contributed by atoms with van der Waals surface area (Å²) in [5.74, 6) is -0.650. The molecule has 1 heterocycles. The molecule has 0 aromatic heterocycles. The van der Waals surface area contributed by atoms with Gasteiger partial charge in [0.1, 0.15) is 0 Å². The molecule has 15 heavy (non-hydrogen) atoms. The summed E-state index contributed by atoms with van der Waals surface area (Å²) in [6.07, 6.45) is 4.63. The summed E-state index contributed by atoms with van der Waals surface area (Å²) >= 11 is 0. The molecule has 0 radical (unpaired) electrons. The number of hydrogen-bond acceptors (Lipinski definition) is 3. The fourth-order valence-electron chi connectivity index (χ4n) is 2.81. The van der Waals surface area contributed by atoms with Gasteiger partial charge in [-0.1, -0.05) is 0 Å². The van der Waals surface area contributed by atoms with Gasteiger partial charge in [-0.3, -0.25) is 4.79 Å². The van der Waals surface area contributed by atoms with E-state index in [2.05, 4.69) is 4.90 Å². The Morgan fingerprint density at radius 2 is 2.00 bits per heavy atom. The van der Waals surface area contributed by atoms with Crippen LogP contribution in [0.1, 0.15) is 32.1 Å². The standard InChI is InChI=1S/C11H20N2O2/c12-9-7-11(8-9,10(14)15)3-6-13-4-1-2-5-13/h9H,1-8,12H2,(H,14,15). The predicted molar refractivity (Wildman–Crippen MR) is 57.6 cm³/mol. The Bertz CT molecular complexity index is 243. The van der Waals surface area contributed by atoms with Gasteiger partial charge in [-0.15, -0.1) is 0 Å². The third kappa shape index (κ3) is 2.16. The third-order valence-corrected chi connectivity index (χ3v) is 3.86. The Kier molecular flexibility index (Phi) is 2.98. The van der Waals surface area contributed by atoms with E-state index < -0.39 is 11.4 Å². The van der Waals surface area contributed by atoms with Gasteiger partial charge in [-0.05, 0) is 51.7 Å². The molecule has 0 bridgehead atoms. The van der Waals surface area contributed by atoms with E-state index in [0.717, 1.165) is 26.1 Å². The number of carboxylic acids is 1. The van der Waals surface area contributed by atoms with Crippen LogP contribution in [0.4, 0.5) is 0 Å². The average Bonchev–Trinajstić information content (AvgIpc) is 2.62.